The van der Waals surface area contributed by atoms with Gasteiger partial charge in [-0.05, 0) is 54.4 Å². The summed E-state index contributed by atoms with van der Waals surface area (Å²) in [4.78, 5) is 0. The Labute approximate surface area is 123 Å². The third-order valence-corrected chi connectivity index (χ3v) is 3.78. The summed E-state index contributed by atoms with van der Waals surface area (Å²) in [5.74, 6) is 0. The van der Waals surface area contributed by atoms with Crippen molar-refractivity contribution in [2.24, 2.45) is 0 Å². The monoisotopic (exact) mass is 321 g/mol. The fraction of sp³-hybridized carbons (Fsp3) is 0.375. The summed E-state index contributed by atoms with van der Waals surface area (Å²) in [6.45, 7) is 7.43. The standard InChI is InChI=1S/C16H20BrNO/c1-4-6-18-15(14-5-7-19-16(14)17)13-9-11(2)8-12(3)10-13/h5,7-10,15,18H,4,6H2,1-3H3. The first-order chi connectivity index (χ1) is 9.11. The highest BCUT2D eigenvalue weighted by Crippen LogP contribution is 2.30. The van der Waals surface area contributed by atoms with Crippen molar-refractivity contribution in [2.75, 3.05) is 6.54 Å². The van der Waals surface area contributed by atoms with Crippen molar-refractivity contribution in [1.82, 2.24) is 5.32 Å². The lowest BCUT2D eigenvalue weighted by molar-refractivity contribution is 0.523. The molecule has 102 valence electrons. The number of nitrogens with one attached hydrogen (secondary N) is 1. The van der Waals surface area contributed by atoms with E-state index in [0.717, 1.165) is 23.2 Å². The third-order valence-electron chi connectivity index (χ3n) is 3.13. The van der Waals surface area contributed by atoms with Crippen molar-refractivity contribution in [2.45, 2.75) is 33.2 Å². The van der Waals surface area contributed by atoms with E-state index < -0.39 is 0 Å². The summed E-state index contributed by atoms with van der Waals surface area (Å²) >= 11 is 3.49. The molecular formula is C16H20BrNO. The molecule has 0 aliphatic heterocycles. The second-order valence-electron chi connectivity index (χ2n) is 4.96. The molecule has 3 heteroatoms. The number of hydrogen-bond acceptors (Lipinski definition) is 2. The summed E-state index contributed by atoms with van der Waals surface area (Å²) in [5, 5.41) is 3.59. The van der Waals surface area contributed by atoms with E-state index in [1.807, 2.05) is 6.07 Å². The molecule has 1 atom stereocenters. The highest BCUT2D eigenvalue weighted by molar-refractivity contribution is 9.10. The van der Waals surface area contributed by atoms with Gasteiger partial charge in [0.2, 0.25) is 0 Å². The number of aryl methyl sites for hydroxylation is 2. The van der Waals surface area contributed by atoms with E-state index in [-0.39, 0.29) is 6.04 Å². The second kappa shape index (κ2) is 6.40. The zero-order valence-corrected chi connectivity index (χ0v) is 13.3. The van der Waals surface area contributed by atoms with Crippen molar-refractivity contribution in [3.8, 4) is 0 Å². The molecule has 2 rings (SSSR count). The molecule has 0 saturated carbocycles. The quantitative estimate of drug-likeness (QED) is 0.859. The summed E-state index contributed by atoms with van der Waals surface area (Å²) in [6.07, 6.45) is 2.83. The Balaban J connectivity index is 2.39. The normalized spacial score (nSPS) is 12.6. The van der Waals surface area contributed by atoms with Crippen LogP contribution in [0, 0.1) is 13.8 Å². The van der Waals surface area contributed by atoms with Gasteiger partial charge in [0.05, 0.1) is 12.3 Å². The fourth-order valence-corrected chi connectivity index (χ4v) is 2.85. The first kappa shape index (κ1) is 14.4. The molecule has 0 fully saturated rings. The number of halogens is 1. The van der Waals surface area contributed by atoms with Crippen LogP contribution in [0.1, 0.15) is 41.6 Å². The van der Waals surface area contributed by atoms with Crippen LogP contribution in [0.2, 0.25) is 0 Å². The lowest BCUT2D eigenvalue weighted by Crippen LogP contribution is -2.23. The maximum atomic E-state index is 5.38. The molecule has 2 nitrogen and oxygen atoms in total. The highest BCUT2D eigenvalue weighted by atomic mass is 79.9. The van der Waals surface area contributed by atoms with Crippen LogP contribution in [0.5, 0.6) is 0 Å². The Morgan fingerprint density at radius 2 is 1.89 bits per heavy atom. The summed E-state index contributed by atoms with van der Waals surface area (Å²) in [7, 11) is 0. The number of benzene rings is 1. The van der Waals surface area contributed by atoms with Gasteiger partial charge in [0, 0.05) is 5.56 Å². The van der Waals surface area contributed by atoms with E-state index in [9.17, 15) is 0 Å². The molecule has 0 aliphatic rings. The van der Waals surface area contributed by atoms with Gasteiger partial charge < -0.3 is 9.73 Å². The zero-order chi connectivity index (χ0) is 13.8. The first-order valence-corrected chi connectivity index (χ1v) is 7.45. The Kier molecular flexibility index (Phi) is 4.83. The summed E-state index contributed by atoms with van der Waals surface area (Å²) < 4.78 is 6.19. The molecule has 1 aromatic heterocycles. The molecule has 1 N–H and O–H groups in total. The molecule has 2 aromatic rings. The van der Waals surface area contributed by atoms with E-state index in [2.05, 4.69) is 60.2 Å². The van der Waals surface area contributed by atoms with Gasteiger partial charge in [-0.1, -0.05) is 36.2 Å². The maximum absolute atomic E-state index is 5.38. The van der Waals surface area contributed by atoms with E-state index in [0.29, 0.717) is 0 Å². The summed E-state index contributed by atoms with van der Waals surface area (Å²) in [6, 6.07) is 8.87. The Hall–Kier alpha value is -1.06. The minimum atomic E-state index is 0.173. The Morgan fingerprint density at radius 3 is 2.42 bits per heavy atom. The third kappa shape index (κ3) is 3.48. The molecule has 0 amide bonds. The highest BCUT2D eigenvalue weighted by Gasteiger charge is 2.18. The number of rotatable bonds is 5. The van der Waals surface area contributed by atoms with Gasteiger partial charge in [0.1, 0.15) is 0 Å². The first-order valence-electron chi connectivity index (χ1n) is 6.66. The van der Waals surface area contributed by atoms with Crippen LogP contribution in [-0.2, 0) is 0 Å². The van der Waals surface area contributed by atoms with E-state index in [1.165, 1.54) is 16.7 Å². The minimum absolute atomic E-state index is 0.173. The van der Waals surface area contributed by atoms with Gasteiger partial charge in [-0.25, -0.2) is 0 Å². The SMILES string of the molecule is CCCNC(c1cc(C)cc(C)c1)c1ccoc1Br. The minimum Gasteiger partial charge on any atom is -0.457 e. The summed E-state index contributed by atoms with van der Waals surface area (Å²) in [5.41, 5.74) is 5.02. The molecular weight excluding hydrogens is 302 g/mol. The molecule has 1 heterocycles. The number of furan rings is 1. The van der Waals surface area contributed by atoms with E-state index in [4.69, 9.17) is 4.42 Å². The van der Waals surface area contributed by atoms with Crippen LogP contribution in [0.15, 0.2) is 39.6 Å². The van der Waals surface area contributed by atoms with Crippen molar-refractivity contribution in [3.63, 3.8) is 0 Å². The zero-order valence-electron chi connectivity index (χ0n) is 11.7. The van der Waals surface area contributed by atoms with Crippen LogP contribution in [0.4, 0.5) is 0 Å². The lowest BCUT2D eigenvalue weighted by Gasteiger charge is -2.19. The van der Waals surface area contributed by atoms with Crippen LogP contribution < -0.4 is 5.32 Å². The van der Waals surface area contributed by atoms with Crippen LogP contribution >= 0.6 is 15.9 Å². The lowest BCUT2D eigenvalue weighted by atomic mass is 9.97. The van der Waals surface area contributed by atoms with E-state index in [1.54, 1.807) is 6.26 Å². The molecule has 19 heavy (non-hydrogen) atoms. The molecule has 1 aromatic carbocycles. The molecule has 0 saturated heterocycles. The van der Waals surface area contributed by atoms with Crippen molar-refractivity contribution in [3.05, 3.63) is 57.5 Å². The molecule has 0 radical (unpaired) electrons. The molecule has 0 aliphatic carbocycles. The second-order valence-corrected chi connectivity index (χ2v) is 5.68. The van der Waals surface area contributed by atoms with Crippen LogP contribution in [-0.4, -0.2) is 6.54 Å². The predicted molar refractivity (Wildman–Crippen MR) is 82.5 cm³/mol. The largest absolute Gasteiger partial charge is 0.457 e. The van der Waals surface area contributed by atoms with Gasteiger partial charge in [0.25, 0.3) is 0 Å². The average molecular weight is 322 g/mol. The molecule has 0 spiro atoms. The van der Waals surface area contributed by atoms with Gasteiger partial charge in [-0.15, -0.1) is 0 Å². The topological polar surface area (TPSA) is 25.2 Å². The molecule has 0 bridgehead atoms. The van der Waals surface area contributed by atoms with Gasteiger partial charge >= 0.3 is 0 Å². The maximum Gasteiger partial charge on any atom is 0.174 e. The smallest absolute Gasteiger partial charge is 0.174 e. The van der Waals surface area contributed by atoms with Crippen LogP contribution in [0.25, 0.3) is 0 Å². The van der Waals surface area contributed by atoms with Crippen molar-refractivity contribution < 1.29 is 4.42 Å². The molecule has 1 unspecified atom stereocenters. The number of hydrogen-bond donors (Lipinski definition) is 1. The van der Waals surface area contributed by atoms with Crippen LogP contribution in [0.3, 0.4) is 0 Å². The van der Waals surface area contributed by atoms with E-state index >= 15 is 0 Å². The van der Waals surface area contributed by atoms with Crippen molar-refractivity contribution in [1.29, 1.82) is 0 Å². The predicted octanol–water partition coefficient (Wildman–Crippen LogP) is 4.75. The average Bonchev–Trinajstić information content (AvgIpc) is 2.75. The van der Waals surface area contributed by atoms with Gasteiger partial charge in [-0.2, -0.15) is 0 Å². The van der Waals surface area contributed by atoms with Gasteiger partial charge in [0.15, 0.2) is 4.67 Å². The van der Waals surface area contributed by atoms with Crippen molar-refractivity contribution >= 4 is 15.9 Å². The Morgan fingerprint density at radius 1 is 1.21 bits per heavy atom. The van der Waals surface area contributed by atoms with Gasteiger partial charge in [-0.3, -0.25) is 0 Å². The fourth-order valence-electron chi connectivity index (χ4n) is 2.38. The Bertz CT molecular complexity index is 527.